The van der Waals surface area contributed by atoms with Gasteiger partial charge in [-0.05, 0) is 24.6 Å². The van der Waals surface area contributed by atoms with Crippen molar-refractivity contribution in [1.82, 2.24) is 10.3 Å². The molecule has 0 spiro atoms. The van der Waals surface area contributed by atoms with E-state index in [0.717, 1.165) is 5.56 Å². The highest BCUT2D eigenvalue weighted by molar-refractivity contribution is 5.18. The molecule has 3 nitrogen and oxygen atoms in total. The van der Waals surface area contributed by atoms with E-state index in [9.17, 15) is 5.11 Å². The highest BCUT2D eigenvalue weighted by Gasteiger charge is 2.22. The van der Waals surface area contributed by atoms with Crippen molar-refractivity contribution in [2.75, 3.05) is 6.54 Å². The zero-order valence-corrected chi connectivity index (χ0v) is 8.99. The topological polar surface area (TPSA) is 45.1 Å². The molecule has 0 aliphatic carbocycles. The molecule has 1 aromatic rings. The number of rotatable bonds is 4. The fourth-order valence-corrected chi connectivity index (χ4v) is 1.22. The molecule has 1 rings (SSSR count). The quantitative estimate of drug-likeness (QED) is 0.759. The normalized spacial score (nSPS) is 15.5. The van der Waals surface area contributed by atoms with Gasteiger partial charge in [0.1, 0.15) is 0 Å². The molecule has 2 N–H and O–H groups in total. The van der Waals surface area contributed by atoms with Crippen molar-refractivity contribution in [2.45, 2.75) is 32.4 Å². The van der Waals surface area contributed by atoms with Crippen LogP contribution in [0.4, 0.5) is 0 Å². The highest BCUT2D eigenvalue weighted by Crippen LogP contribution is 2.18. The number of hydrogen-bond acceptors (Lipinski definition) is 3. The highest BCUT2D eigenvalue weighted by atomic mass is 16.3. The number of pyridine rings is 1. The van der Waals surface area contributed by atoms with E-state index in [1.54, 1.807) is 19.3 Å². The Morgan fingerprint density at radius 3 is 2.50 bits per heavy atom. The molecule has 1 unspecified atom stereocenters. The average Bonchev–Trinajstić information content (AvgIpc) is 2.16. The van der Waals surface area contributed by atoms with Crippen molar-refractivity contribution in [1.29, 1.82) is 0 Å². The predicted octanol–water partition coefficient (Wildman–Crippen LogP) is 1.29. The molecule has 0 aliphatic heterocycles. The molecular formula is C11H18N2O. The smallest absolute Gasteiger partial charge is 0.0993 e. The Morgan fingerprint density at radius 1 is 1.43 bits per heavy atom. The van der Waals surface area contributed by atoms with E-state index in [4.69, 9.17) is 0 Å². The molecule has 0 aliphatic rings. The summed E-state index contributed by atoms with van der Waals surface area (Å²) in [5.41, 5.74) is 0.0633. The van der Waals surface area contributed by atoms with E-state index in [1.807, 2.05) is 12.1 Å². The van der Waals surface area contributed by atoms with Gasteiger partial charge in [-0.2, -0.15) is 0 Å². The minimum atomic E-state index is -0.826. The van der Waals surface area contributed by atoms with Gasteiger partial charge in [-0.25, -0.2) is 0 Å². The monoisotopic (exact) mass is 194 g/mol. The maximum atomic E-state index is 10.1. The number of nitrogens with zero attached hydrogens (tertiary/aromatic N) is 1. The molecule has 1 atom stereocenters. The number of aromatic nitrogens is 1. The number of hydrogen-bond donors (Lipinski definition) is 2. The fourth-order valence-electron chi connectivity index (χ4n) is 1.22. The summed E-state index contributed by atoms with van der Waals surface area (Å²) in [6.45, 7) is 6.47. The van der Waals surface area contributed by atoms with Gasteiger partial charge in [0, 0.05) is 25.0 Å². The second-order valence-corrected chi connectivity index (χ2v) is 4.05. The first-order valence-electron chi connectivity index (χ1n) is 4.88. The van der Waals surface area contributed by atoms with Gasteiger partial charge in [0.25, 0.3) is 0 Å². The molecule has 1 heterocycles. The lowest BCUT2D eigenvalue weighted by Crippen LogP contribution is -2.38. The van der Waals surface area contributed by atoms with Gasteiger partial charge in [-0.1, -0.05) is 13.8 Å². The molecule has 0 bridgehead atoms. The zero-order valence-electron chi connectivity index (χ0n) is 8.99. The third-order valence-corrected chi connectivity index (χ3v) is 2.16. The Hall–Kier alpha value is -0.930. The Morgan fingerprint density at radius 2 is 2.00 bits per heavy atom. The molecule has 0 radical (unpaired) electrons. The Labute approximate surface area is 85.2 Å². The predicted molar refractivity (Wildman–Crippen MR) is 56.9 cm³/mol. The summed E-state index contributed by atoms with van der Waals surface area (Å²) in [5.74, 6) is 0. The largest absolute Gasteiger partial charge is 0.384 e. The molecule has 0 saturated heterocycles. The van der Waals surface area contributed by atoms with E-state index < -0.39 is 5.60 Å². The molecule has 0 saturated carbocycles. The first kappa shape index (κ1) is 11.1. The van der Waals surface area contributed by atoms with Crippen LogP contribution in [0.1, 0.15) is 26.3 Å². The van der Waals surface area contributed by atoms with Gasteiger partial charge in [0.15, 0.2) is 0 Å². The first-order chi connectivity index (χ1) is 6.52. The lowest BCUT2D eigenvalue weighted by Gasteiger charge is -2.25. The molecule has 0 aromatic carbocycles. The van der Waals surface area contributed by atoms with Crippen LogP contribution in [0.2, 0.25) is 0 Å². The van der Waals surface area contributed by atoms with Crippen molar-refractivity contribution < 1.29 is 5.11 Å². The lowest BCUT2D eigenvalue weighted by atomic mass is 9.97. The maximum Gasteiger partial charge on any atom is 0.0993 e. The molecule has 3 heteroatoms. The van der Waals surface area contributed by atoms with Gasteiger partial charge < -0.3 is 10.4 Å². The summed E-state index contributed by atoms with van der Waals surface area (Å²) in [6, 6.07) is 4.05. The maximum absolute atomic E-state index is 10.1. The Bertz CT molecular complexity index is 270. The van der Waals surface area contributed by atoms with Gasteiger partial charge in [-0.15, -0.1) is 0 Å². The van der Waals surface area contributed by atoms with Gasteiger partial charge in [0.05, 0.1) is 5.60 Å². The van der Waals surface area contributed by atoms with E-state index in [2.05, 4.69) is 24.1 Å². The third kappa shape index (κ3) is 3.09. The molecule has 78 valence electrons. The number of nitrogens with one attached hydrogen (secondary N) is 1. The van der Waals surface area contributed by atoms with Crippen LogP contribution in [-0.4, -0.2) is 22.7 Å². The van der Waals surface area contributed by atoms with Gasteiger partial charge >= 0.3 is 0 Å². The Balaban J connectivity index is 2.66. The van der Waals surface area contributed by atoms with Crippen LogP contribution in [0.5, 0.6) is 0 Å². The minimum absolute atomic E-state index is 0.378. The number of aliphatic hydroxyl groups is 1. The molecule has 1 aromatic heterocycles. The van der Waals surface area contributed by atoms with Crippen LogP contribution in [-0.2, 0) is 5.60 Å². The van der Waals surface area contributed by atoms with E-state index in [1.165, 1.54) is 0 Å². The van der Waals surface area contributed by atoms with E-state index in [0.29, 0.717) is 12.6 Å². The van der Waals surface area contributed by atoms with Crippen molar-refractivity contribution in [3.05, 3.63) is 30.1 Å². The van der Waals surface area contributed by atoms with Crippen molar-refractivity contribution in [3.63, 3.8) is 0 Å². The van der Waals surface area contributed by atoms with Crippen LogP contribution in [0.15, 0.2) is 24.5 Å². The van der Waals surface area contributed by atoms with Crippen LogP contribution < -0.4 is 5.32 Å². The SMILES string of the molecule is CC(C)NCC(C)(O)c1ccncc1. The lowest BCUT2D eigenvalue weighted by molar-refractivity contribution is 0.0548. The summed E-state index contributed by atoms with van der Waals surface area (Å²) >= 11 is 0. The van der Waals surface area contributed by atoms with Gasteiger partial charge in [0.2, 0.25) is 0 Å². The molecule has 0 fully saturated rings. The summed E-state index contributed by atoms with van der Waals surface area (Å²) < 4.78 is 0. The standard InChI is InChI=1S/C11H18N2O/c1-9(2)13-8-11(3,14)10-4-6-12-7-5-10/h4-7,9,13-14H,8H2,1-3H3. The molecular weight excluding hydrogens is 176 g/mol. The summed E-state index contributed by atoms with van der Waals surface area (Å²) in [7, 11) is 0. The third-order valence-electron chi connectivity index (χ3n) is 2.16. The minimum Gasteiger partial charge on any atom is -0.384 e. The Kier molecular flexibility index (Phi) is 3.61. The van der Waals surface area contributed by atoms with Crippen LogP contribution in [0, 0.1) is 0 Å². The van der Waals surface area contributed by atoms with E-state index in [-0.39, 0.29) is 0 Å². The van der Waals surface area contributed by atoms with Crippen LogP contribution in [0.3, 0.4) is 0 Å². The van der Waals surface area contributed by atoms with Gasteiger partial charge in [-0.3, -0.25) is 4.98 Å². The summed E-state index contributed by atoms with van der Waals surface area (Å²) in [5, 5.41) is 13.4. The summed E-state index contributed by atoms with van der Waals surface area (Å²) in [6.07, 6.45) is 3.39. The van der Waals surface area contributed by atoms with Crippen molar-refractivity contribution >= 4 is 0 Å². The first-order valence-corrected chi connectivity index (χ1v) is 4.88. The van der Waals surface area contributed by atoms with Crippen molar-refractivity contribution in [2.24, 2.45) is 0 Å². The summed E-state index contributed by atoms with van der Waals surface area (Å²) in [4.78, 5) is 3.92. The average molecular weight is 194 g/mol. The van der Waals surface area contributed by atoms with E-state index >= 15 is 0 Å². The molecule has 0 amide bonds. The fraction of sp³-hybridized carbons (Fsp3) is 0.545. The second kappa shape index (κ2) is 4.53. The zero-order chi connectivity index (χ0) is 10.6. The van der Waals surface area contributed by atoms with Crippen LogP contribution >= 0.6 is 0 Å². The van der Waals surface area contributed by atoms with Crippen molar-refractivity contribution in [3.8, 4) is 0 Å². The molecule has 14 heavy (non-hydrogen) atoms. The second-order valence-electron chi connectivity index (χ2n) is 4.05. The van der Waals surface area contributed by atoms with Crippen LogP contribution in [0.25, 0.3) is 0 Å².